The molecule has 13 heavy (non-hydrogen) atoms. The predicted octanol–water partition coefficient (Wildman–Crippen LogP) is 2.02. The van der Waals surface area contributed by atoms with Gasteiger partial charge in [-0.1, -0.05) is 13.0 Å². The van der Waals surface area contributed by atoms with Gasteiger partial charge in [0.25, 0.3) is 0 Å². The molecule has 0 atom stereocenters. The van der Waals surface area contributed by atoms with Crippen LogP contribution in [0.5, 0.6) is 0 Å². The fourth-order valence-corrected chi connectivity index (χ4v) is 1.08. The van der Waals surface area contributed by atoms with Crippen molar-refractivity contribution >= 4 is 5.78 Å². The molecule has 0 saturated heterocycles. The van der Waals surface area contributed by atoms with Gasteiger partial charge < -0.3 is 0 Å². The van der Waals surface area contributed by atoms with Crippen LogP contribution in [0.15, 0.2) is 30.2 Å². The Bertz CT molecular complexity index is 317. The van der Waals surface area contributed by atoms with E-state index in [-0.39, 0.29) is 5.78 Å². The lowest BCUT2D eigenvalue weighted by atomic mass is 10.1. The van der Waals surface area contributed by atoms with Crippen LogP contribution in [0, 0.1) is 0 Å². The van der Waals surface area contributed by atoms with Gasteiger partial charge in [-0.2, -0.15) is 0 Å². The maximum Gasteiger partial charge on any atom is 0.208 e. The second-order valence-corrected chi connectivity index (χ2v) is 2.59. The molecule has 0 saturated carbocycles. The number of carbonyl (C=O) groups excluding carboxylic acids is 1. The van der Waals surface area contributed by atoms with Crippen molar-refractivity contribution in [2.24, 2.45) is 0 Å². The lowest BCUT2D eigenvalue weighted by Crippen LogP contribution is -2.05. The molecule has 0 radical (unpaired) electrons. The second-order valence-electron chi connectivity index (χ2n) is 2.59. The van der Waals surface area contributed by atoms with Crippen LogP contribution in [0.4, 0.5) is 0 Å². The summed E-state index contributed by atoms with van der Waals surface area (Å²) in [5.74, 6) is -0.0295. The van der Waals surface area contributed by atoms with Crippen LogP contribution in [0.2, 0.25) is 0 Å². The molecule has 0 fully saturated rings. The minimum absolute atomic E-state index is 0.0295. The van der Waals surface area contributed by atoms with Crippen molar-refractivity contribution in [2.45, 2.75) is 20.3 Å². The summed E-state index contributed by atoms with van der Waals surface area (Å²) in [6.07, 6.45) is 7.11. The largest absolute Gasteiger partial charge is 0.287 e. The number of nitrogens with zero attached hydrogens (tertiary/aromatic N) is 2. The van der Waals surface area contributed by atoms with Gasteiger partial charge in [0.05, 0.1) is 6.20 Å². The Morgan fingerprint density at radius 1 is 1.54 bits per heavy atom. The summed E-state index contributed by atoms with van der Waals surface area (Å²) in [5, 5.41) is 0. The van der Waals surface area contributed by atoms with Crippen molar-refractivity contribution < 1.29 is 4.79 Å². The SMILES string of the molecule is C/C=C(/CC)C(=O)c1cnccn1. The quantitative estimate of drug-likeness (QED) is 0.522. The third-order valence-electron chi connectivity index (χ3n) is 1.82. The van der Waals surface area contributed by atoms with Crippen LogP contribution in [-0.2, 0) is 0 Å². The Labute approximate surface area is 77.5 Å². The van der Waals surface area contributed by atoms with Crippen molar-refractivity contribution in [1.29, 1.82) is 0 Å². The van der Waals surface area contributed by atoms with Gasteiger partial charge in [-0.15, -0.1) is 0 Å². The number of aromatic nitrogens is 2. The Hall–Kier alpha value is -1.51. The first-order chi connectivity index (χ1) is 6.29. The van der Waals surface area contributed by atoms with Crippen LogP contribution in [0.25, 0.3) is 0 Å². The molecular formula is C10H12N2O. The number of Topliss-reactive ketones (excluding diaryl/α,β-unsaturated/α-hetero) is 1. The molecule has 0 aliphatic heterocycles. The van der Waals surface area contributed by atoms with Crippen molar-refractivity contribution in [3.63, 3.8) is 0 Å². The molecular weight excluding hydrogens is 164 g/mol. The smallest absolute Gasteiger partial charge is 0.208 e. The Balaban J connectivity index is 2.92. The Morgan fingerprint density at radius 2 is 2.31 bits per heavy atom. The standard InChI is InChI=1S/C10H12N2O/c1-3-8(4-2)10(13)9-7-11-5-6-12-9/h3,5-7H,4H2,1-2H3/b8-3-. The molecule has 0 N–H and O–H groups in total. The predicted molar refractivity (Wildman–Crippen MR) is 50.4 cm³/mol. The Morgan fingerprint density at radius 3 is 2.77 bits per heavy atom. The Kier molecular flexibility index (Phi) is 3.31. The van der Waals surface area contributed by atoms with Crippen LogP contribution >= 0.6 is 0 Å². The summed E-state index contributed by atoms with van der Waals surface area (Å²) in [4.78, 5) is 19.4. The normalized spacial score (nSPS) is 11.4. The zero-order valence-corrected chi connectivity index (χ0v) is 7.82. The molecule has 1 aromatic rings. The number of carbonyl (C=O) groups is 1. The van der Waals surface area contributed by atoms with Crippen molar-refractivity contribution in [2.75, 3.05) is 0 Å². The summed E-state index contributed by atoms with van der Waals surface area (Å²) in [5.41, 5.74) is 1.19. The lowest BCUT2D eigenvalue weighted by Gasteiger charge is -2.00. The summed E-state index contributed by atoms with van der Waals surface area (Å²) in [7, 11) is 0. The van der Waals surface area contributed by atoms with Gasteiger partial charge in [-0.05, 0) is 18.9 Å². The molecule has 0 aliphatic carbocycles. The van der Waals surface area contributed by atoms with E-state index in [1.165, 1.54) is 12.4 Å². The summed E-state index contributed by atoms with van der Waals surface area (Å²) in [6, 6.07) is 0. The van der Waals surface area contributed by atoms with E-state index in [0.717, 1.165) is 12.0 Å². The van der Waals surface area contributed by atoms with Crippen molar-refractivity contribution in [3.05, 3.63) is 35.9 Å². The molecule has 0 bridgehead atoms. The van der Waals surface area contributed by atoms with E-state index in [4.69, 9.17) is 0 Å². The van der Waals surface area contributed by atoms with Gasteiger partial charge in [0.15, 0.2) is 0 Å². The fourth-order valence-electron chi connectivity index (χ4n) is 1.08. The van der Waals surface area contributed by atoms with Crippen LogP contribution in [-0.4, -0.2) is 15.8 Å². The fraction of sp³-hybridized carbons (Fsp3) is 0.300. The molecule has 3 heteroatoms. The lowest BCUT2D eigenvalue weighted by molar-refractivity contribution is 0.102. The minimum Gasteiger partial charge on any atom is -0.287 e. The maximum atomic E-state index is 11.6. The first-order valence-electron chi connectivity index (χ1n) is 4.25. The highest BCUT2D eigenvalue weighted by Crippen LogP contribution is 2.07. The molecule has 68 valence electrons. The van der Waals surface area contributed by atoms with E-state index in [2.05, 4.69) is 9.97 Å². The van der Waals surface area contributed by atoms with Gasteiger partial charge in [0.1, 0.15) is 5.69 Å². The number of ketones is 1. The number of hydrogen-bond acceptors (Lipinski definition) is 3. The van der Waals surface area contributed by atoms with Crippen molar-refractivity contribution in [3.8, 4) is 0 Å². The van der Waals surface area contributed by atoms with Gasteiger partial charge in [-0.25, -0.2) is 4.98 Å². The average molecular weight is 176 g/mol. The molecule has 3 nitrogen and oxygen atoms in total. The number of hydrogen-bond donors (Lipinski definition) is 0. The molecule has 0 aliphatic rings. The van der Waals surface area contributed by atoms with E-state index in [0.29, 0.717) is 5.69 Å². The molecule has 0 amide bonds. The first kappa shape index (κ1) is 9.58. The van der Waals surface area contributed by atoms with Gasteiger partial charge >= 0.3 is 0 Å². The van der Waals surface area contributed by atoms with Gasteiger partial charge in [0.2, 0.25) is 5.78 Å². The second kappa shape index (κ2) is 4.50. The highest BCUT2D eigenvalue weighted by Gasteiger charge is 2.10. The topological polar surface area (TPSA) is 42.9 Å². The molecule has 1 rings (SSSR count). The highest BCUT2D eigenvalue weighted by atomic mass is 16.1. The number of allylic oxidation sites excluding steroid dienone is 2. The highest BCUT2D eigenvalue weighted by molar-refractivity contribution is 6.06. The summed E-state index contributed by atoms with van der Waals surface area (Å²) in [6.45, 7) is 3.80. The molecule has 0 spiro atoms. The van der Waals surface area contributed by atoms with E-state index in [9.17, 15) is 4.79 Å². The third kappa shape index (κ3) is 2.21. The monoisotopic (exact) mass is 176 g/mol. The molecule has 0 unspecified atom stereocenters. The van der Waals surface area contributed by atoms with E-state index < -0.39 is 0 Å². The van der Waals surface area contributed by atoms with E-state index >= 15 is 0 Å². The maximum absolute atomic E-state index is 11.6. The average Bonchev–Trinajstić information content (AvgIpc) is 2.21. The zero-order chi connectivity index (χ0) is 9.68. The summed E-state index contributed by atoms with van der Waals surface area (Å²) >= 11 is 0. The third-order valence-corrected chi connectivity index (χ3v) is 1.82. The molecule has 1 aromatic heterocycles. The number of rotatable bonds is 3. The van der Waals surface area contributed by atoms with Crippen LogP contribution in [0.3, 0.4) is 0 Å². The van der Waals surface area contributed by atoms with Crippen LogP contribution < -0.4 is 0 Å². The molecule has 1 heterocycles. The van der Waals surface area contributed by atoms with Crippen LogP contribution in [0.1, 0.15) is 30.8 Å². The van der Waals surface area contributed by atoms with E-state index in [1.807, 2.05) is 19.9 Å². The zero-order valence-electron chi connectivity index (χ0n) is 7.82. The van der Waals surface area contributed by atoms with E-state index in [1.54, 1.807) is 6.20 Å². The molecule has 0 aromatic carbocycles. The minimum atomic E-state index is -0.0295. The van der Waals surface area contributed by atoms with Gasteiger partial charge in [-0.3, -0.25) is 9.78 Å². The van der Waals surface area contributed by atoms with Crippen molar-refractivity contribution in [1.82, 2.24) is 9.97 Å². The first-order valence-corrected chi connectivity index (χ1v) is 4.25. The summed E-state index contributed by atoms with van der Waals surface area (Å²) < 4.78 is 0. The van der Waals surface area contributed by atoms with Gasteiger partial charge in [0, 0.05) is 12.4 Å².